The highest BCUT2D eigenvalue weighted by atomic mass is 32.2. The summed E-state index contributed by atoms with van der Waals surface area (Å²) in [6.45, 7) is 10.9. The smallest absolute Gasteiger partial charge is 0.270 e. The van der Waals surface area contributed by atoms with Crippen LogP contribution in [0.5, 0.6) is 0 Å². The van der Waals surface area contributed by atoms with Crippen LogP contribution >= 0.6 is 11.8 Å². The van der Waals surface area contributed by atoms with Crippen molar-refractivity contribution in [2.45, 2.75) is 51.7 Å². The van der Waals surface area contributed by atoms with Crippen LogP contribution in [0.15, 0.2) is 58.8 Å². The number of nitrogens with one attached hydrogen (secondary N) is 1. The van der Waals surface area contributed by atoms with Gasteiger partial charge < -0.3 is 4.57 Å². The molecule has 10 heteroatoms. The summed E-state index contributed by atoms with van der Waals surface area (Å²) in [5, 5.41) is 24.3. The number of rotatable bonds is 8. The summed E-state index contributed by atoms with van der Waals surface area (Å²) >= 11 is 1.28. The first-order chi connectivity index (χ1) is 16.1. The maximum absolute atomic E-state index is 12.3. The average molecular weight is 481 g/mol. The summed E-state index contributed by atoms with van der Waals surface area (Å²) in [4.78, 5) is 22.8. The van der Waals surface area contributed by atoms with Crippen molar-refractivity contribution in [3.05, 3.63) is 69.8 Å². The van der Waals surface area contributed by atoms with Crippen LogP contribution in [0.4, 0.5) is 5.69 Å². The molecule has 1 aromatic heterocycles. The van der Waals surface area contributed by atoms with Crippen molar-refractivity contribution >= 4 is 29.1 Å². The number of amides is 1. The molecule has 3 rings (SSSR count). The number of nitro groups is 1. The molecule has 0 aliphatic rings. The minimum atomic E-state index is -0.469. The van der Waals surface area contributed by atoms with Gasteiger partial charge in [0.05, 0.1) is 16.4 Å². The Morgan fingerprint density at radius 1 is 1.18 bits per heavy atom. The largest absolute Gasteiger partial charge is 0.302 e. The summed E-state index contributed by atoms with van der Waals surface area (Å²) in [7, 11) is 0. The van der Waals surface area contributed by atoms with Gasteiger partial charge in [-0.25, -0.2) is 5.43 Å². The Morgan fingerprint density at radius 2 is 1.88 bits per heavy atom. The molecule has 178 valence electrons. The third kappa shape index (κ3) is 6.07. The van der Waals surface area contributed by atoms with Gasteiger partial charge in [-0.2, -0.15) is 5.10 Å². The fourth-order valence-electron chi connectivity index (χ4n) is 3.23. The van der Waals surface area contributed by atoms with Crippen LogP contribution < -0.4 is 5.43 Å². The lowest BCUT2D eigenvalue weighted by Gasteiger charge is -2.19. The molecule has 1 N–H and O–H groups in total. The Kier molecular flexibility index (Phi) is 7.83. The topological polar surface area (TPSA) is 115 Å². The van der Waals surface area contributed by atoms with Crippen LogP contribution in [0.2, 0.25) is 0 Å². The van der Waals surface area contributed by atoms with Crippen molar-refractivity contribution < 1.29 is 9.72 Å². The predicted molar refractivity (Wildman–Crippen MR) is 134 cm³/mol. The highest BCUT2D eigenvalue weighted by Gasteiger charge is 2.17. The Balaban J connectivity index is 1.65. The first-order valence-electron chi connectivity index (χ1n) is 10.8. The van der Waals surface area contributed by atoms with Gasteiger partial charge in [-0.1, -0.05) is 68.9 Å². The van der Waals surface area contributed by atoms with Gasteiger partial charge in [0.15, 0.2) is 11.0 Å². The summed E-state index contributed by atoms with van der Waals surface area (Å²) in [5.41, 5.74) is 5.78. The van der Waals surface area contributed by atoms with Gasteiger partial charge in [0.1, 0.15) is 0 Å². The standard InChI is InChI=1S/C24H28N6O3S/c1-6-29-22(17-10-12-19(13-11-17)24(3,4)5)27-28-23(29)34-15-21(31)26-25-16(2)18-8-7-9-20(14-18)30(32)33/h7-14H,6,15H2,1-5H3,(H,26,31)/b25-16+. The molecule has 0 spiro atoms. The number of hydrogen-bond donors (Lipinski definition) is 1. The van der Waals surface area contributed by atoms with E-state index in [0.29, 0.717) is 23.0 Å². The molecule has 1 heterocycles. The zero-order chi connectivity index (χ0) is 24.9. The molecule has 0 aliphatic heterocycles. The molecule has 2 aromatic carbocycles. The number of carbonyl (C=O) groups excluding carboxylic acids is 1. The maximum atomic E-state index is 12.3. The van der Waals surface area contributed by atoms with Gasteiger partial charge in [-0.3, -0.25) is 14.9 Å². The fraction of sp³-hybridized carbons (Fsp3) is 0.333. The van der Waals surface area contributed by atoms with Gasteiger partial charge in [0, 0.05) is 29.8 Å². The fourth-order valence-corrected chi connectivity index (χ4v) is 4.03. The van der Waals surface area contributed by atoms with E-state index in [1.807, 2.05) is 23.6 Å². The van der Waals surface area contributed by atoms with E-state index in [1.54, 1.807) is 19.1 Å². The van der Waals surface area contributed by atoms with Gasteiger partial charge in [0.25, 0.3) is 11.6 Å². The molecule has 0 bridgehead atoms. The molecule has 0 fully saturated rings. The number of nitrogens with zero attached hydrogens (tertiary/aromatic N) is 5. The summed E-state index contributed by atoms with van der Waals surface area (Å²) in [5.74, 6) is 0.550. The number of thioether (sulfide) groups is 1. The molecule has 0 saturated heterocycles. The summed E-state index contributed by atoms with van der Waals surface area (Å²) in [6, 6.07) is 14.4. The summed E-state index contributed by atoms with van der Waals surface area (Å²) in [6.07, 6.45) is 0. The van der Waals surface area contributed by atoms with Crippen LogP contribution in [0.1, 0.15) is 45.7 Å². The Labute approximate surface area is 202 Å². The van der Waals surface area contributed by atoms with Crippen molar-refractivity contribution in [1.29, 1.82) is 0 Å². The molecule has 0 aliphatic carbocycles. The zero-order valence-corrected chi connectivity index (χ0v) is 20.7. The van der Waals surface area contributed by atoms with Crippen molar-refractivity contribution in [1.82, 2.24) is 20.2 Å². The molecular formula is C24H28N6O3S. The molecule has 34 heavy (non-hydrogen) atoms. The Morgan fingerprint density at radius 3 is 2.50 bits per heavy atom. The number of hydrogen-bond acceptors (Lipinski definition) is 7. The van der Waals surface area contributed by atoms with E-state index in [9.17, 15) is 14.9 Å². The third-order valence-corrected chi connectivity index (χ3v) is 6.16. The molecule has 0 radical (unpaired) electrons. The number of benzene rings is 2. The number of nitro benzene ring substituents is 1. The van der Waals surface area contributed by atoms with Crippen molar-refractivity contribution in [2.24, 2.45) is 5.10 Å². The number of non-ortho nitro benzene ring substituents is 1. The molecule has 1 amide bonds. The van der Waals surface area contributed by atoms with Crippen LogP contribution in [-0.2, 0) is 16.8 Å². The van der Waals surface area contributed by atoms with E-state index in [0.717, 1.165) is 11.4 Å². The minimum absolute atomic E-state index is 0.0308. The van der Waals surface area contributed by atoms with Gasteiger partial charge >= 0.3 is 0 Å². The monoisotopic (exact) mass is 480 g/mol. The molecule has 3 aromatic rings. The van der Waals surface area contributed by atoms with Crippen molar-refractivity contribution in [2.75, 3.05) is 5.75 Å². The number of aromatic nitrogens is 3. The van der Waals surface area contributed by atoms with Crippen molar-refractivity contribution in [3.8, 4) is 11.4 Å². The van der Waals surface area contributed by atoms with E-state index in [-0.39, 0.29) is 22.8 Å². The van der Waals surface area contributed by atoms with Gasteiger partial charge in [0.2, 0.25) is 0 Å². The van der Waals surface area contributed by atoms with Crippen molar-refractivity contribution in [3.63, 3.8) is 0 Å². The second-order valence-corrected chi connectivity index (χ2v) is 9.65. The summed E-state index contributed by atoms with van der Waals surface area (Å²) < 4.78 is 1.97. The van der Waals surface area contributed by atoms with E-state index >= 15 is 0 Å². The normalized spacial score (nSPS) is 12.0. The lowest BCUT2D eigenvalue weighted by atomic mass is 9.87. The molecule has 0 unspecified atom stereocenters. The van der Waals surface area contributed by atoms with E-state index in [1.165, 1.54) is 29.5 Å². The van der Waals surface area contributed by atoms with Crippen LogP contribution in [-0.4, -0.2) is 37.1 Å². The first-order valence-corrected chi connectivity index (χ1v) is 11.8. The number of hydrazone groups is 1. The highest BCUT2D eigenvalue weighted by Crippen LogP contribution is 2.27. The second kappa shape index (κ2) is 10.6. The Bertz CT molecular complexity index is 1210. The lowest BCUT2D eigenvalue weighted by molar-refractivity contribution is -0.384. The van der Waals surface area contributed by atoms with Gasteiger partial charge in [-0.15, -0.1) is 10.2 Å². The van der Waals surface area contributed by atoms with Crippen LogP contribution in [0, 0.1) is 10.1 Å². The van der Waals surface area contributed by atoms with E-state index in [4.69, 9.17) is 0 Å². The third-order valence-electron chi connectivity index (χ3n) is 5.20. The van der Waals surface area contributed by atoms with Crippen LogP contribution in [0.25, 0.3) is 11.4 Å². The molecule has 0 saturated carbocycles. The average Bonchev–Trinajstić information content (AvgIpc) is 3.23. The molecule has 0 atom stereocenters. The SMILES string of the molecule is CCn1c(SCC(=O)N/N=C(\C)c2cccc([N+](=O)[O-])c2)nnc1-c1ccc(C(C)(C)C)cc1. The van der Waals surface area contributed by atoms with Gasteiger partial charge in [-0.05, 0) is 24.8 Å². The zero-order valence-electron chi connectivity index (χ0n) is 19.9. The minimum Gasteiger partial charge on any atom is -0.302 e. The predicted octanol–water partition coefficient (Wildman–Crippen LogP) is 4.80. The number of carbonyl (C=O) groups is 1. The lowest BCUT2D eigenvalue weighted by Crippen LogP contribution is -2.21. The maximum Gasteiger partial charge on any atom is 0.270 e. The van der Waals surface area contributed by atoms with E-state index in [2.05, 4.69) is 53.6 Å². The molecule has 9 nitrogen and oxygen atoms in total. The van der Waals surface area contributed by atoms with E-state index < -0.39 is 4.92 Å². The Hall–Kier alpha value is -3.53. The first kappa shape index (κ1) is 25.1. The highest BCUT2D eigenvalue weighted by molar-refractivity contribution is 7.99. The second-order valence-electron chi connectivity index (χ2n) is 8.71. The van der Waals surface area contributed by atoms with Crippen LogP contribution in [0.3, 0.4) is 0 Å². The quantitative estimate of drug-likeness (QED) is 0.214. The molecular weight excluding hydrogens is 452 g/mol.